The Morgan fingerprint density at radius 3 is 1.56 bits per heavy atom. The maximum absolute atomic E-state index is 15.1. The van der Waals surface area contributed by atoms with Crippen LogP contribution in [0.2, 0.25) is 0 Å². The van der Waals surface area contributed by atoms with Gasteiger partial charge in [-0.2, -0.15) is 0 Å². The Kier molecular flexibility index (Phi) is 18.7. The summed E-state index contributed by atoms with van der Waals surface area (Å²) in [4.78, 5) is 32.0. The van der Waals surface area contributed by atoms with Gasteiger partial charge in [0.15, 0.2) is 43.1 Å². The lowest BCUT2D eigenvalue weighted by atomic mass is 9.71. The van der Waals surface area contributed by atoms with E-state index in [9.17, 15) is 19.1 Å². The molecule has 0 aliphatic heterocycles. The van der Waals surface area contributed by atoms with Crippen molar-refractivity contribution >= 4 is 11.9 Å². The van der Waals surface area contributed by atoms with Crippen LogP contribution in [-0.4, -0.2) is 93.8 Å². The van der Waals surface area contributed by atoms with Gasteiger partial charge < -0.3 is 43.4 Å². The van der Waals surface area contributed by atoms with Crippen molar-refractivity contribution in [2.45, 2.75) is 116 Å². The van der Waals surface area contributed by atoms with E-state index in [1.165, 1.54) is 26.0 Å². The third-order valence-electron chi connectivity index (χ3n) is 12.9. The molecule has 4 aromatic rings. The maximum Gasteiger partial charge on any atom is 0.343 e. The summed E-state index contributed by atoms with van der Waals surface area (Å²) in [6.07, 6.45) is 11.3. The van der Waals surface area contributed by atoms with Crippen molar-refractivity contribution in [2.24, 2.45) is 0 Å². The van der Waals surface area contributed by atoms with Gasteiger partial charge in [-0.05, 0) is 123 Å². The molecule has 360 valence electrons. The molecule has 0 amide bonds. The fourth-order valence-electron chi connectivity index (χ4n) is 9.47. The highest BCUT2D eigenvalue weighted by atomic mass is 19.1. The van der Waals surface area contributed by atoms with Crippen molar-refractivity contribution in [3.05, 3.63) is 104 Å². The molecule has 6 rings (SSSR count). The van der Waals surface area contributed by atoms with Crippen molar-refractivity contribution in [3.63, 3.8) is 0 Å². The van der Waals surface area contributed by atoms with Gasteiger partial charge >= 0.3 is 11.9 Å². The summed E-state index contributed by atoms with van der Waals surface area (Å²) in [7, 11) is 6.24. The molecular weight excluding hydrogens is 855 g/mol. The van der Waals surface area contributed by atoms with Crippen molar-refractivity contribution < 1.29 is 61.7 Å². The minimum absolute atomic E-state index is 0.0346. The number of aromatic nitrogens is 2. The molecule has 2 N–H and O–H groups in total. The molecule has 2 aliphatic carbocycles. The Hall–Kier alpha value is -5.38. The largest absolute Gasteiger partial charge is 0.506 e. The number of halogens is 2. The van der Waals surface area contributed by atoms with Gasteiger partial charge in [0.25, 0.3) is 0 Å². The summed E-state index contributed by atoms with van der Waals surface area (Å²) in [6.45, 7) is 7.36. The molecule has 2 heterocycles. The zero-order chi connectivity index (χ0) is 48.0. The summed E-state index contributed by atoms with van der Waals surface area (Å²) in [6, 6.07) is 10.4. The van der Waals surface area contributed by atoms with E-state index in [4.69, 9.17) is 43.5 Å². The van der Waals surface area contributed by atoms with E-state index in [-0.39, 0.29) is 41.5 Å². The number of carbonyl (C=O) groups excluding carboxylic acids is 1. The van der Waals surface area contributed by atoms with Crippen LogP contribution in [-0.2, 0) is 52.2 Å². The molecule has 2 aliphatic rings. The summed E-state index contributed by atoms with van der Waals surface area (Å²) < 4.78 is 67.1. The smallest absolute Gasteiger partial charge is 0.343 e. The standard InChI is InChI=1S/C27H36FNO6.C24H30FNO5/c1-18-13-23(34-15-24(30)33-5)25(28)19(2)21(18)14-20-9-10-22(35-17-32-4)26(29-20)27(16-31-3)11-7-6-8-12-27;1-15-11-20(31-13-21(28)29)22(25)16(2)18(15)12-17-7-8-19(27)23(26-17)24(14-30-3)9-5-4-6-10-24/h9-10,13H,6-8,11-12,14-17H2,1-5H3;7-8,11,27H,4-6,9-10,12-14H2,1-3H3,(H,28,29). The summed E-state index contributed by atoms with van der Waals surface area (Å²) in [5.41, 5.74) is 6.68. The van der Waals surface area contributed by atoms with E-state index in [0.717, 1.165) is 90.7 Å². The number of nitrogens with zero attached hydrogens (tertiary/aromatic N) is 2. The number of aryl methyl sites for hydroxylation is 2. The average molecular weight is 921 g/mol. The second kappa shape index (κ2) is 23.9. The van der Waals surface area contributed by atoms with Gasteiger partial charge in [0.05, 0.1) is 31.7 Å². The Morgan fingerprint density at radius 1 is 0.621 bits per heavy atom. The van der Waals surface area contributed by atoms with Crippen molar-refractivity contribution in [2.75, 3.05) is 61.7 Å². The van der Waals surface area contributed by atoms with Gasteiger partial charge in [-0.15, -0.1) is 0 Å². The van der Waals surface area contributed by atoms with E-state index in [1.807, 2.05) is 26.0 Å². The number of benzene rings is 2. The topological polar surface area (TPSA) is 165 Å². The number of rotatable bonds is 19. The van der Waals surface area contributed by atoms with E-state index < -0.39 is 30.2 Å². The highest BCUT2D eigenvalue weighted by Gasteiger charge is 2.39. The predicted octanol–water partition coefficient (Wildman–Crippen LogP) is 9.26. The molecule has 0 atom stereocenters. The van der Waals surface area contributed by atoms with Crippen LogP contribution in [0.4, 0.5) is 8.78 Å². The molecule has 0 spiro atoms. The van der Waals surface area contributed by atoms with Gasteiger partial charge in [-0.25, -0.2) is 18.4 Å². The number of hydrogen-bond acceptors (Lipinski definition) is 12. The van der Waals surface area contributed by atoms with Gasteiger partial charge in [-0.1, -0.05) is 38.5 Å². The van der Waals surface area contributed by atoms with Gasteiger partial charge in [0, 0.05) is 56.4 Å². The fourth-order valence-corrected chi connectivity index (χ4v) is 9.47. The Morgan fingerprint density at radius 2 is 1.09 bits per heavy atom. The highest BCUT2D eigenvalue weighted by Crippen LogP contribution is 2.44. The first-order valence-corrected chi connectivity index (χ1v) is 22.5. The third-order valence-corrected chi connectivity index (χ3v) is 12.9. The Labute approximate surface area is 387 Å². The first-order chi connectivity index (χ1) is 31.6. The fraction of sp³-hybridized carbons (Fsp3) is 0.529. The van der Waals surface area contributed by atoms with E-state index in [0.29, 0.717) is 48.6 Å². The Balaban J connectivity index is 0.000000249. The summed E-state index contributed by atoms with van der Waals surface area (Å²) in [5.74, 6) is -1.95. The molecule has 2 fully saturated rings. The molecule has 0 unspecified atom stereocenters. The monoisotopic (exact) mass is 920 g/mol. The van der Waals surface area contributed by atoms with Crippen LogP contribution >= 0.6 is 0 Å². The second-order valence-corrected chi connectivity index (χ2v) is 17.5. The van der Waals surface area contributed by atoms with Crippen LogP contribution < -0.4 is 14.2 Å². The number of carboxylic acid groups (broad SMARTS) is 1. The van der Waals surface area contributed by atoms with Crippen LogP contribution in [0.1, 0.15) is 120 Å². The molecule has 15 heteroatoms. The van der Waals surface area contributed by atoms with Crippen molar-refractivity contribution in [1.29, 1.82) is 0 Å². The minimum Gasteiger partial charge on any atom is -0.506 e. The predicted molar refractivity (Wildman–Crippen MR) is 244 cm³/mol. The quantitative estimate of drug-likeness (QED) is 0.0676. The number of hydrogen-bond donors (Lipinski definition) is 2. The molecular formula is C51H66F2N2O11. The van der Waals surface area contributed by atoms with E-state index in [2.05, 4.69) is 4.74 Å². The van der Waals surface area contributed by atoms with Crippen LogP contribution in [0.5, 0.6) is 23.0 Å². The van der Waals surface area contributed by atoms with Crippen LogP contribution in [0.3, 0.4) is 0 Å². The number of pyridine rings is 2. The van der Waals surface area contributed by atoms with Crippen LogP contribution in [0, 0.1) is 39.3 Å². The van der Waals surface area contributed by atoms with Crippen molar-refractivity contribution in [1.82, 2.24) is 9.97 Å². The normalized spacial score (nSPS) is 15.3. The van der Waals surface area contributed by atoms with E-state index >= 15 is 4.39 Å². The number of aromatic hydroxyl groups is 1. The van der Waals surface area contributed by atoms with Gasteiger partial charge in [0.1, 0.15) is 11.5 Å². The number of aliphatic carboxylic acids is 1. The van der Waals surface area contributed by atoms with Gasteiger partial charge in [-0.3, -0.25) is 9.97 Å². The maximum atomic E-state index is 15.1. The summed E-state index contributed by atoms with van der Waals surface area (Å²) in [5, 5.41) is 19.4. The molecule has 0 saturated heterocycles. The number of esters is 1. The zero-order valence-corrected chi connectivity index (χ0v) is 39.7. The Bertz CT molecular complexity index is 2280. The first-order valence-electron chi connectivity index (χ1n) is 22.5. The molecule has 0 bridgehead atoms. The second-order valence-electron chi connectivity index (χ2n) is 17.5. The first kappa shape index (κ1) is 51.6. The number of carbonyl (C=O) groups is 2. The SMILES string of the molecule is COCC1(c2nc(Cc3c(C)cc(OCC(=O)O)c(F)c3C)ccc2O)CCCCC1.COCOc1ccc(Cc2c(C)cc(OCC(=O)OC)c(F)c2C)nc1C1(COC)CCCCC1. The molecule has 2 saturated carbocycles. The lowest BCUT2D eigenvalue weighted by molar-refractivity contribution is -0.143. The van der Waals surface area contributed by atoms with E-state index in [1.54, 1.807) is 53.4 Å². The summed E-state index contributed by atoms with van der Waals surface area (Å²) >= 11 is 0. The van der Waals surface area contributed by atoms with Crippen molar-refractivity contribution in [3.8, 4) is 23.0 Å². The third kappa shape index (κ3) is 12.5. The highest BCUT2D eigenvalue weighted by molar-refractivity contribution is 5.71. The average Bonchev–Trinajstić information content (AvgIpc) is 3.31. The number of carboxylic acids is 1. The molecule has 13 nitrogen and oxygen atoms in total. The minimum atomic E-state index is -1.16. The zero-order valence-electron chi connectivity index (χ0n) is 39.7. The molecule has 66 heavy (non-hydrogen) atoms. The lowest BCUT2D eigenvalue weighted by Gasteiger charge is -2.37. The lowest BCUT2D eigenvalue weighted by Crippen LogP contribution is -2.35. The molecule has 2 aromatic carbocycles. The van der Waals surface area contributed by atoms with Gasteiger partial charge in [0.2, 0.25) is 0 Å². The van der Waals surface area contributed by atoms with Crippen LogP contribution in [0.15, 0.2) is 36.4 Å². The van der Waals surface area contributed by atoms with Crippen LogP contribution in [0.25, 0.3) is 0 Å². The molecule has 2 aromatic heterocycles. The number of methoxy groups -OCH3 is 4. The number of ether oxygens (including phenoxy) is 7. The molecule has 0 radical (unpaired) electrons.